The first-order chi connectivity index (χ1) is 15.4. The van der Waals surface area contributed by atoms with Gasteiger partial charge in [0.15, 0.2) is 0 Å². The molecule has 0 aromatic carbocycles. The highest BCUT2D eigenvalue weighted by Gasteiger charge is 2.54. The Morgan fingerprint density at radius 1 is 1.50 bits per heavy atom. The average Bonchev–Trinajstić information content (AvgIpc) is 3.43. The second-order valence-corrected chi connectivity index (χ2v) is 9.72. The summed E-state index contributed by atoms with van der Waals surface area (Å²) in [5, 5.41) is 24.9. The Morgan fingerprint density at radius 3 is 2.94 bits per heavy atom. The van der Waals surface area contributed by atoms with Crippen LogP contribution in [0.1, 0.15) is 4.88 Å². The van der Waals surface area contributed by atoms with Gasteiger partial charge in [-0.05, 0) is 21.9 Å². The number of amides is 2. The normalized spacial score (nSPS) is 20.6. The van der Waals surface area contributed by atoms with Crippen molar-refractivity contribution >= 4 is 70.0 Å². The van der Waals surface area contributed by atoms with Crippen LogP contribution >= 0.6 is 46.5 Å². The number of hydrogen-bond donors (Lipinski definition) is 2. The molecule has 32 heavy (non-hydrogen) atoms. The van der Waals surface area contributed by atoms with Gasteiger partial charge in [0.1, 0.15) is 11.4 Å². The van der Waals surface area contributed by atoms with Crippen molar-refractivity contribution in [1.29, 1.82) is 0 Å². The third-order valence-corrected chi connectivity index (χ3v) is 8.12. The minimum atomic E-state index is -1.53. The van der Waals surface area contributed by atoms with E-state index in [1.165, 1.54) is 50.0 Å². The lowest BCUT2D eigenvalue weighted by atomic mass is 10.1. The van der Waals surface area contributed by atoms with Crippen molar-refractivity contribution in [2.45, 2.75) is 16.6 Å². The Balaban J connectivity index is 1.49. The van der Waals surface area contributed by atoms with E-state index >= 15 is 0 Å². The molecule has 2 N–H and O–H groups in total. The maximum atomic E-state index is 12.9. The molecule has 0 saturated carbocycles. The first-order valence-electron chi connectivity index (χ1n) is 8.98. The van der Waals surface area contributed by atoms with Crippen LogP contribution in [0.2, 0.25) is 0 Å². The smallest absolute Gasteiger partial charge is 0.449 e. The van der Waals surface area contributed by atoms with Crippen molar-refractivity contribution < 1.29 is 24.2 Å². The molecular weight excluding hydrogens is 500 g/mol. The van der Waals surface area contributed by atoms with E-state index in [0.29, 0.717) is 27.1 Å². The van der Waals surface area contributed by atoms with Gasteiger partial charge in [-0.1, -0.05) is 29.4 Å². The summed E-state index contributed by atoms with van der Waals surface area (Å²) in [5.41, 5.74) is 2.03. The topological polar surface area (TPSA) is 140 Å². The van der Waals surface area contributed by atoms with Crippen molar-refractivity contribution in [1.82, 2.24) is 30.4 Å². The number of nitrogens with zero attached hydrogens (tertiary/aromatic N) is 5. The zero-order valence-corrected chi connectivity index (χ0v) is 19.5. The van der Waals surface area contributed by atoms with E-state index in [9.17, 15) is 19.5 Å². The Labute approximate surface area is 198 Å². The van der Waals surface area contributed by atoms with Crippen molar-refractivity contribution in [2.24, 2.45) is 7.05 Å². The third kappa shape index (κ3) is 4.35. The molecule has 0 aliphatic carbocycles. The number of ether oxygens (including phenoxy) is 1. The summed E-state index contributed by atoms with van der Waals surface area (Å²) < 4.78 is 6.45. The lowest BCUT2D eigenvalue weighted by Crippen LogP contribution is -2.70. The molecule has 4 rings (SSSR count). The van der Waals surface area contributed by atoms with Crippen molar-refractivity contribution in [3.05, 3.63) is 39.4 Å². The van der Waals surface area contributed by atoms with Crippen molar-refractivity contribution in [3.8, 4) is 0 Å². The Hall–Kier alpha value is -2.55. The van der Waals surface area contributed by atoms with Gasteiger partial charge in [0.25, 0.3) is 11.8 Å². The number of nitrogens with one attached hydrogen (secondary N) is 1. The van der Waals surface area contributed by atoms with Crippen molar-refractivity contribution in [2.75, 3.05) is 11.5 Å². The molecule has 168 valence electrons. The lowest BCUT2D eigenvalue weighted by Gasteiger charge is -2.49. The van der Waals surface area contributed by atoms with E-state index in [1.807, 2.05) is 5.38 Å². The highest BCUT2D eigenvalue weighted by Crippen LogP contribution is 2.42. The molecule has 1 fully saturated rings. The maximum Gasteiger partial charge on any atom is 0.512 e. The zero-order valence-electron chi connectivity index (χ0n) is 16.3. The molecular formula is C17H15ClN6O5S3. The number of halogens is 1. The predicted octanol–water partition coefficient (Wildman–Crippen LogP) is 1.95. The number of rotatable bonds is 7. The van der Waals surface area contributed by atoms with E-state index in [4.69, 9.17) is 16.3 Å². The molecule has 2 aliphatic heterocycles. The molecule has 2 atom stereocenters. The molecule has 2 aliphatic rings. The highest BCUT2D eigenvalue weighted by atomic mass is 35.5. The molecule has 0 bridgehead atoms. The van der Waals surface area contributed by atoms with Gasteiger partial charge in [-0.25, -0.2) is 9.48 Å². The SMILES string of the molecule is Cn1nnnc1SCC1=C(OC(=O)O)N2C(=O)C(NC(=O)C(=CCl)c3cccs3)[C@@H]2SC1. The van der Waals surface area contributed by atoms with Gasteiger partial charge >= 0.3 is 6.16 Å². The second-order valence-electron chi connectivity index (χ2n) is 6.51. The van der Waals surface area contributed by atoms with Crippen LogP contribution in [0, 0.1) is 0 Å². The average molecular weight is 515 g/mol. The fourth-order valence-electron chi connectivity index (χ4n) is 3.07. The van der Waals surface area contributed by atoms with Crippen LogP contribution < -0.4 is 5.32 Å². The number of β-lactam (4-membered cyclic amide) rings is 1. The molecule has 0 radical (unpaired) electrons. The van der Waals surface area contributed by atoms with Crippen LogP contribution in [0.25, 0.3) is 5.57 Å². The number of aryl methyl sites for hydroxylation is 1. The maximum absolute atomic E-state index is 12.9. The number of aromatic nitrogens is 4. The fraction of sp³-hybridized carbons (Fsp3) is 0.294. The minimum Gasteiger partial charge on any atom is -0.449 e. The summed E-state index contributed by atoms with van der Waals surface area (Å²) in [5.74, 6) is -0.248. The van der Waals surface area contributed by atoms with E-state index < -0.39 is 29.4 Å². The molecule has 11 nitrogen and oxygen atoms in total. The van der Waals surface area contributed by atoms with Gasteiger partial charge in [-0.2, -0.15) is 0 Å². The van der Waals surface area contributed by atoms with E-state index in [-0.39, 0.29) is 11.5 Å². The van der Waals surface area contributed by atoms with Crippen LogP contribution in [0.4, 0.5) is 4.79 Å². The monoisotopic (exact) mass is 514 g/mol. The Bertz CT molecular complexity index is 1120. The van der Waals surface area contributed by atoms with Gasteiger partial charge in [-0.3, -0.25) is 14.5 Å². The molecule has 4 heterocycles. The van der Waals surface area contributed by atoms with E-state index in [2.05, 4.69) is 20.8 Å². The number of carboxylic acid groups (broad SMARTS) is 1. The Kier molecular flexibility index (Phi) is 6.74. The summed E-state index contributed by atoms with van der Waals surface area (Å²) in [6.45, 7) is 0. The predicted molar refractivity (Wildman–Crippen MR) is 119 cm³/mol. The summed E-state index contributed by atoms with van der Waals surface area (Å²) in [6.07, 6.45) is -1.53. The number of thioether (sulfide) groups is 2. The zero-order chi connectivity index (χ0) is 22.8. The van der Waals surface area contributed by atoms with E-state index in [0.717, 1.165) is 0 Å². The van der Waals surface area contributed by atoms with E-state index in [1.54, 1.807) is 19.2 Å². The standard InChI is InChI=1S/C17H15ClN6O5S3/c1-23-16(20-21-22-23)32-7-8-6-31-15-11(13(26)24(15)14(8)29-17(27)28)19-12(25)9(5-18)10-3-2-4-30-10/h2-5,11,15H,6-7H2,1H3,(H,19,25)(H,27,28)/t11?,15-/m0/s1. The second kappa shape index (κ2) is 9.52. The summed E-state index contributed by atoms with van der Waals surface area (Å²) in [6, 6.07) is 2.71. The number of carbonyl (C=O) groups is 3. The van der Waals surface area contributed by atoms with Crippen LogP contribution in [-0.2, 0) is 21.4 Å². The van der Waals surface area contributed by atoms with Gasteiger partial charge in [0, 0.05) is 34.5 Å². The lowest BCUT2D eigenvalue weighted by molar-refractivity contribution is -0.148. The van der Waals surface area contributed by atoms with Gasteiger partial charge in [-0.15, -0.1) is 28.2 Å². The fourth-order valence-corrected chi connectivity index (χ4v) is 6.39. The number of fused-ring (bicyclic) bond motifs is 1. The van der Waals surface area contributed by atoms with Crippen LogP contribution in [-0.4, -0.2) is 71.1 Å². The van der Waals surface area contributed by atoms with Gasteiger partial charge in [0.05, 0.1) is 5.57 Å². The van der Waals surface area contributed by atoms with Crippen molar-refractivity contribution in [3.63, 3.8) is 0 Å². The molecule has 1 unspecified atom stereocenters. The summed E-state index contributed by atoms with van der Waals surface area (Å²) in [7, 11) is 1.68. The molecule has 2 aromatic rings. The quantitative estimate of drug-likeness (QED) is 0.244. The highest BCUT2D eigenvalue weighted by molar-refractivity contribution is 8.01. The summed E-state index contributed by atoms with van der Waals surface area (Å²) in [4.78, 5) is 38.7. The number of tetrazole rings is 1. The molecule has 0 spiro atoms. The van der Waals surface area contributed by atoms with Gasteiger partial charge < -0.3 is 15.2 Å². The molecule has 1 saturated heterocycles. The molecule has 2 amide bonds. The van der Waals surface area contributed by atoms with Crippen LogP contribution in [0.5, 0.6) is 0 Å². The third-order valence-electron chi connectivity index (χ3n) is 4.56. The van der Waals surface area contributed by atoms with Gasteiger partial charge in [0.2, 0.25) is 11.0 Å². The molecule has 15 heteroatoms. The Morgan fingerprint density at radius 2 is 2.31 bits per heavy atom. The largest absolute Gasteiger partial charge is 0.512 e. The number of thiophene rings is 1. The number of hydrogen-bond acceptors (Lipinski definition) is 10. The van der Waals surface area contributed by atoms with Crippen LogP contribution in [0.15, 0.2) is 39.7 Å². The minimum absolute atomic E-state index is 0.0363. The summed E-state index contributed by atoms with van der Waals surface area (Å²) >= 11 is 9.87. The van der Waals surface area contributed by atoms with Crippen LogP contribution in [0.3, 0.4) is 0 Å². The number of carbonyl (C=O) groups excluding carboxylic acids is 2. The molecule has 2 aromatic heterocycles. The first kappa shape index (κ1) is 22.6. The first-order valence-corrected chi connectivity index (χ1v) is 12.3.